The molecule has 0 bridgehead atoms. The van der Waals surface area contributed by atoms with Crippen LogP contribution in [0.1, 0.15) is 51.9 Å². The number of aryl methyl sites for hydroxylation is 2. The van der Waals surface area contributed by atoms with E-state index < -0.39 is 5.60 Å². The fraction of sp³-hybridized carbons (Fsp3) is 0.429. The van der Waals surface area contributed by atoms with Crippen LogP contribution in [0.3, 0.4) is 0 Å². The van der Waals surface area contributed by atoms with Crippen molar-refractivity contribution in [3.8, 4) is 0 Å². The van der Waals surface area contributed by atoms with E-state index in [2.05, 4.69) is 14.5 Å². The van der Waals surface area contributed by atoms with Crippen molar-refractivity contribution in [3.63, 3.8) is 0 Å². The third-order valence-electron chi connectivity index (χ3n) is 4.83. The molecule has 0 saturated heterocycles. The molecule has 0 radical (unpaired) electrons. The summed E-state index contributed by atoms with van der Waals surface area (Å²) < 4.78 is 17.0. The number of aliphatic imine (C=N–C) groups is 1. The van der Waals surface area contributed by atoms with E-state index in [1.54, 1.807) is 27.0 Å². The maximum atomic E-state index is 14.8. The predicted octanol–water partition coefficient (Wildman–Crippen LogP) is 4.66. The Morgan fingerprint density at radius 2 is 2.19 bits per heavy atom. The molecular formula is C21H26FN3O. The van der Waals surface area contributed by atoms with E-state index in [-0.39, 0.29) is 5.82 Å². The summed E-state index contributed by atoms with van der Waals surface area (Å²) in [6, 6.07) is 3.38. The van der Waals surface area contributed by atoms with Crippen molar-refractivity contribution in [2.24, 2.45) is 4.99 Å². The first-order chi connectivity index (χ1) is 12.3. The second-order valence-electron chi connectivity index (χ2n) is 7.27. The van der Waals surface area contributed by atoms with Gasteiger partial charge in [-0.25, -0.2) is 9.37 Å². The fourth-order valence-electron chi connectivity index (χ4n) is 3.02. The molecule has 0 aliphatic carbocycles. The number of nitrogens with zero attached hydrogens (tertiary/aromatic N) is 3. The molecule has 4 nitrogen and oxygen atoms in total. The summed E-state index contributed by atoms with van der Waals surface area (Å²) >= 11 is 0. The fourth-order valence-corrected chi connectivity index (χ4v) is 3.02. The number of hydrogen-bond donors (Lipinski definition) is 1. The number of allylic oxidation sites excluding steroid dienone is 3. The van der Waals surface area contributed by atoms with E-state index in [4.69, 9.17) is 0 Å². The highest BCUT2D eigenvalue weighted by Gasteiger charge is 2.19. The minimum Gasteiger partial charge on any atom is -0.385 e. The quantitative estimate of drug-likeness (QED) is 0.626. The number of benzene rings is 1. The lowest BCUT2D eigenvalue weighted by Gasteiger charge is -2.16. The van der Waals surface area contributed by atoms with Gasteiger partial charge in [-0.2, -0.15) is 0 Å². The van der Waals surface area contributed by atoms with Gasteiger partial charge in [0.2, 0.25) is 0 Å². The zero-order chi connectivity index (χ0) is 18.9. The molecule has 1 N–H and O–H groups in total. The van der Waals surface area contributed by atoms with Gasteiger partial charge in [0, 0.05) is 42.1 Å². The molecular weight excluding hydrogens is 329 g/mol. The average Bonchev–Trinajstić information content (AvgIpc) is 3.14. The van der Waals surface area contributed by atoms with Crippen LogP contribution in [0, 0.1) is 5.82 Å². The number of hydrogen-bond acceptors (Lipinski definition) is 3. The lowest BCUT2D eigenvalue weighted by atomic mass is 10.0. The topological polar surface area (TPSA) is 50.4 Å². The van der Waals surface area contributed by atoms with E-state index in [9.17, 15) is 9.50 Å². The van der Waals surface area contributed by atoms with Crippen molar-refractivity contribution in [1.82, 2.24) is 9.55 Å². The highest BCUT2D eigenvalue weighted by molar-refractivity contribution is 5.91. The van der Waals surface area contributed by atoms with Crippen LogP contribution in [0.25, 0.3) is 16.6 Å². The van der Waals surface area contributed by atoms with Crippen molar-refractivity contribution < 1.29 is 9.50 Å². The lowest BCUT2D eigenvalue weighted by molar-refractivity contribution is 0.153. The monoisotopic (exact) mass is 355 g/mol. The third kappa shape index (κ3) is 3.63. The molecule has 138 valence electrons. The first-order valence-corrected chi connectivity index (χ1v) is 9.14. The van der Waals surface area contributed by atoms with Gasteiger partial charge in [-0.3, -0.25) is 4.99 Å². The molecule has 0 unspecified atom stereocenters. The summed E-state index contributed by atoms with van der Waals surface area (Å²) in [5.74, 6) is 0.722. The standard InChI is InChI=1S/C21H26FN3O/c1-5-6-8-15(13-23-14(2)21(3,4)26)16-11-19-18(12-17(16)22)24-20-9-7-10-25(19)20/h6,8,11-13,26H,5,7,9-10H2,1-4H3/b8-6+,15-13+,23-14?. The molecule has 1 aromatic carbocycles. The Morgan fingerprint density at radius 1 is 1.42 bits per heavy atom. The molecule has 26 heavy (non-hydrogen) atoms. The largest absolute Gasteiger partial charge is 0.385 e. The Hall–Kier alpha value is -2.27. The van der Waals surface area contributed by atoms with Gasteiger partial charge in [0.25, 0.3) is 0 Å². The molecule has 3 rings (SSSR count). The number of imidazole rings is 1. The number of halogens is 1. The molecule has 2 aromatic rings. The minimum atomic E-state index is -1.01. The van der Waals surface area contributed by atoms with Crippen molar-refractivity contribution in [1.29, 1.82) is 0 Å². The molecule has 1 aliphatic heterocycles. The number of rotatable bonds is 5. The van der Waals surface area contributed by atoms with Gasteiger partial charge >= 0.3 is 0 Å². The van der Waals surface area contributed by atoms with Crippen molar-refractivity contribution in [2.75, 3.05) is 0 Å². The first kappa shape index (κ1) is 18.5. The van der Waals surface area contributed by atoms with E-state index in [1.807, 2.05) is 25.1 Å². The molecule has 2 heterocycles. The molecule has 1 aliphatic rings. The van der Waals surface area contributed by atoms with E-state index in [0.717, 1.165) is 37.1 Å². The van der Waals surface area contributed by atoms with Crippen LogP contribution in [0.4, 0.5) is 4.39 Å². The van der Waals surface area contributed by atoms with Crippen LogP contribution in [-0.2, 0) is 13.0 Å². The third-order valence-corrected chi connectivity index (χ3v) is 4.83. The Bertz CT molecular complexity index is 913. The normalized spacial score (nSPS) is 16.1. The van der Waals surface area contributed by atoms with Crippen molar-refractivity contribution in [3.05, 3.63) is 47.7 Å². The molecule has 0 amide bonds. The lowest BCUT2D eigenvalue weighted by Crippen LogP contribution is -2.28. The van der Waals surface area contributed by atoms with E-state index in [1.165, 1.54) is 6.07 Å². The Morgan fingerprint density at radius 3 is 2.88 bits per heavy atom. The van der Waals surface area contributed by atoms with Crippen LogP contribution < -0.4 is 0 Å². The van der Waals surface area contributed by atoms with Gasteiger partial charge in [0.05, 0.1) is 16.6 Å². The first-order valence-electron chi connectivity index (χ1n) is 9.14. The zero-order valence-electron chi connectivity index (χ0n) is 15.9. The smallest absolute Gasteiger partial charge is 0.133 e. The summed E-state index contributed by atoms with van der Waals surface area (Å²) in [4.78, 5) is 8.92. The Labute approximate surface area is 153 Å². The Kier molecular flexibility index (Phi) is 5.10. The Balaban J connectivity index is 2.12. The van der Waals surface area contributed by atoms with E-state index >= 15 is 0 Å². The van der Waals surface area contributed by atoms with Gasteiger partial charge in [0.1, 0.15) is 11.6 Å². The number of aliphatic hydroxyl groups is 1. The van der Waals surface area contributed by atoms with Crippen LogP contribution in [0.2, 0.25) is 0 Å². The zero-order valence-corrected chi connectivity index (χ0v) is 15.9. The van der Waals surface area contributed by atoms with Gasteiger partial charge < -0.3 is 9.67 Å². The number of aromatic nitrogens is 2. The second-order valence-corrected chi connectivity index (χ2v) is 7.27. The molecule has 0 fully saturated rings. The minimum absolute atomic E-state index is 0.308. The highest BCUT2D eigenvalue weighted by Crippen LogP contribution is 2.29. The predicted molar refractivity (Wildman–Crippen MR) is 105 cm³/mol. The SMILES string of the molecule is CC/C=C/C(=C\N=C(C)C(C)(C)O)c1cc2c(cc1F)nc1n2CCC1. The molecule has 1 aromatic heterocycles. The maximum Gasteiger partial charge on any atom is 0.133 e. The maximum absolute atomic E-state index is 14.8. The van der Waals surface area contributed by atoms with Gasteiger partial charge in [-0.05, 0) is 39.7 Å². The molecule has 0 atom stereocenters. The van der Waals surface area contributed by atoms with Crippen LogP contribution in [0.5, 0.6) is 0 Å². The van der Waals surface area contributed by atoms with Crippen LogP contribution in [-0.4, -0.2) is 26.0 Å². The number of fused-ring (bicyclic) bond motifs is 3. The van der Waals surface area contributed by atoms with Gasteiger partial charge in [-0.15, -0.1) is 0 Å². The van der Waals surface area contributed by atoms with Crippen molar-refractivity contribution >= 4 is 22.3 Å². The summed E-state index contributed by atoms with van der Waals surface area (Å²) in [5, 5.41) is 10.1. The van der Waals surface area contributed by atoms with Crippen LogP contribution in [0.15, 0.2) is 35.5 Å². The molecule has 0 saturated carbocycles. The summed E-state index contributed by atoms with van der Waals surface area (Å²) in [6.07, 6.45) is 8.36. The molecule has 0 spiro atoms. The summed E-state index contributed by atoms with van der Waals surface area (Å²) in [7, 11) is 0. The van der Waals surface area contributed by atoms with Crippen molar-refractivity contribution in [2.45, 2.75) is 59.1 Å². The molecule has 5 heteroatoms. The van der Waals surface area contributed by atoms with Crippen LogP contribution >= 0.6 is 0 Å². The summed E-state index contributed by atoms with van der Waals surface area (Å²) in [5.41, 5.74) is 2.42. The summed E-state index contributed by atoms with van der Waals surface area (Å²) in [6.45, 7) is 8.09. The van der Waals surface area contributed by atoms with E-state index in [0.29, 0.717) is 22.4 Å². The van der Waals surface area contributed by atoms with Gasteiger partial charge in [-0.1, -0.05) is 19.1 Å². The average molecular weight is 355 g/mol. The second kappa shape index (κ2) is 7.16. The highest BCUT2D eigenvalue weighted by atomic mass is 19.1. The van der Waals surface area contributed by atoms with Gasteiger partial charge in [0.15, 0.2) is 0 Å².